The van der Waals surface area contributed by atoms with Gasteiger partial charge in [-0.05, 0) is 83.4 Å². The van der Waals surface area contributed by atoms with Crippen molar-refractivity contribution < 1.29 is 0 Å². The van der Waals surface area contributed by atoms with E-state index in [4.69, 9.17) is 0 Å². The number of aromatic nitrogens is 2. The van der Waals surface area contributed by atoms with Crippen LogP contribution in [-0.2, 0) is 0 Å². The second kappa shape index (κ2) is 11.1. The minimum atomic E-state index is -0.0114. The lowest BCUT2D eigenvalue weighted by atomic mass is 9.99. The molecule has 0 saturated heterocycles. The summed E-state index contributed by atoms with van der Waals surface area (Å²) in [5.41, 5.74) is 10.8. The molecule has 4 heteroatoms. The molecule has 10 aromatic rings. The fourth-order valence-electron chi connectivity index (χ4n) is 8.28. The van der Waals surface area contributed by atoms with Crippen molar-refractivity contribution in [2.75, 3.05) is 0 Å². The predicted molar refractivity (Wildman–Crippen MR) is 218 cm³/mol. The van der Waals surface area contributed by atoms with Crippen LogP contribution in [0.2, 0.25) is 0 Å². The molecule has 1 aliphatic rings. The monoisotopic (exact) mass is 669 g/mol. The van der Waals surface area contributed by atoms with E-state index in [1.807, 2.05) is 11.3 Å². The van der Waals surface area contributed by atoms with Gasteiger partial charge in [-0.15, -0.1) is 11.3 Å². The molecule has 7 aromatic carbocycles. The minimum Gasteiger partial charge on any atom is -0.361 e. The first-order valence-corrected chi connectivity index (χ1v) is 18.3. The number of allylic oxidation sites excluding steroid dienone is 2. The van der Waals surface area contributed by atoms with Crippen LogP contribution in [0.3, 0.4) is 0 Å². The van der Waals surface area contributed by atoms with Gasteiger partial charge in [-0.3, -0.25) is 0 Å². The molecule has 0 amide bonds. The molecule has 0 spiro atoms. The summed E-state index contributed by atoms with van der Waals surface area (Å²) in [5, 5.41) is 11.7. The summed E-state index contributed by atoms with van der Waals surface area (Å²) in [6.07, 6.45) is 6.62. The van der Waals surface area contributed by atoms with Crippen molar-refractivity contribution >= 4 is 80.8 Å². The van der Waals surface area contributed by atoms with Crippen LogP contribution in [0.25, 0.3) is 86.3 Å². The second-order valence-electron chi connectivity index (χ2n) is 13.4. The molecular formula is C47H31N3S. The van der Waals surface area contributed by atoms with Gasteiger partial charge >= 0.3 is 0 Å². The summed E-state index contributed by atoms with van der Waals surface area (Å²) in [7, 11) is 0. The van der Waals surface area contributed by atoms with Crippen LogP contribution >= 0.6 is 11.3 Å². The third kappa shape index (κ3) is 4.30. The Bertz CT molecular complexity index is 3010. The molecule has 4 heterocycles. The summed E-state index contributed by atoms with van der Waals surface area (Å²) in [5.74, 6) is 0. The first kappa shape index (κ1) is 28.5. The Morgan fingerprint density at radius 2 is 1.18 bits per heavy atom. The van der Waals surface area contributed by atoms with Crippen LogP contribution in [0, 0.1) is 0 Å². The number of thiophene rings is 1. The average Bonchev–Trinajstić information content (AvgIpc) is 3.86. The van der Waals surface area contributed by atoms with E-state index >= 15 is 0 Å². The van der Waals surface area contributed by atoms with Crippen LogP contribution < -0.4 is 5.32 Å². The molecule has 1 atom stereocenters. The Morgan fingerprint density at radius 1 is 0.490 bits per heavy atom. The second-order valence-corrected chi connectivity index (χ2v) is 14.4. The molecule has 3 aromatic heterocycles. The van der Waals surface area contributed by atoms with E-state index in [0.717, 1.165) is 5.70 Å². The van der Waals surface area contributed by atoms with Gasteiger partial charge in [-0.1, -0.05) is 109 Å². The van der Waals surface area contributed by atoms with Gasteiger partial charge in [0.2, 0.25) is 0 Å². The van der Waals surface area contributed by atoms with Crippen molar-refractivity contribution in [1.29, 1.82) is 0 Å². The molecule has 0 fully saturated rings. The lowest BCUT2D eigenvalue weighted by Crippen LogP contribution is -2.25. The van der Waals surface area contributed by atoms with Gasteiger partial charge in [0.25, 0.3) is 0 Å². The zero-order chi connectivity index (χ0) is 33.5. The quantitative estimate of drug-likeness (QED) is 0.198. The fourth-order valence-corrected chi connectivity index (χ4v) is 9.54. The third-order valence-electron chi connectivity index (χ3n) is 10.5. The van der Waals surface area contributed by atoms with E-state index in [0.29, 0.717) is 0 Å². The smallest absolute Gasteiger partial charge is 0.123 e. The van der Waals surface area contributed by atoms with Gasteiger partial charge in [0, 0.05) is 53.1 Å². The lowest BCUT2D eigenvalue weighted by molar-refractivity contribution is 0.589. The molecule has 51 heavy (non-hydrogen) atoms. The Morgan fingerprint density at radius 3 is 2.00 bits per heavy atom. The topological polar surface area (TPSA) is 21.9 Å². The molecule has 0 saturated carbocycles. The first-order valence-electron chi connectivity index (χ1n) is 17.5. The van der Waals surface area contributed by atoms with Gasteiger partial charge in [0.05, 0.1) is 22.1 Å². The van der Waals surface area contributed by atoms with E-state index in [2.05, 4.69) is 190 Å². The maximum absolute atomic E-state index is 3.88. The van der Waals surface area contributed by atoms with Crippen molar-refractivity contribution in [2.45, 2.75) is 6.17 Å². The summed E-state index contributed by atoms with van der Waals surface area (Å²) >= 11 is 1.90. The molecule has 0 aliphatic carbocycles. The number of nitrogens with zero attached hydrogens (tertiary/aromatic N) is 2. The van der Waals surface area contributed by atoms with Crippen molar-refractivity contribution in [3.8, 4) is 16.8 Å². The predicted octanol–water partition coefficient (Wildman–Crippen LogP) is 12.6. The highest BCUT2D eigenvalue weighted by Crippen LogP contribution is 2.44. The van der Waals surface area contributed by atoms with Crippen LogP contribution in [0.1, 0.15) is 11.7 Å². The number of fused-ring (bicyclic) bond motifs is 10. The van der Waals surface area contributed by atoms with Crippen molar-refractivity contribution in [1.82, 2.24) is 14.5 Å². The van der Waals surface area contributed by atoms with Gasteiger partial charge < -0.3 is 14.5 Å². The number of hydrogen-bond acceptors (Lipinski definition) is 2. The zero-order valence-corrected chi connectivity index (χ0v) is 28.4. The number of para-hydroxylation sites is 3. The molecule has 0 bridgehead atoms. The first-order chi connectivity index (χ1) is 25.3. The number of hydrogen-bond donors (Lipinski definition) is 1. The molecule has 1 aliphatic heterocycles. The van der Waals surface area contributed by atoms with Crippen LogP contribution in [-0.4, -0.2) is 9.13 Å². The molecule has 1 N–H and O–H groups in total. The highest BCUT2D eigenvalue weighted by molar-refractivity contribution is 7.26. The van der Waals surface area contributed by atoms with E-state index in [9.17, 15) is 0 Å². The molecule has 0 radical (unpaired) electrons. The fraction of sp³-hybridized carbons (Fsp3) is 0.0213. The molecule has 11 rings (SSSR count). The Labute approximate surface area is 298 Å². The van der Waals surface area contributed by atoms with Gasteiger partial charge in [0.1, 0.15) is 6.17 Å². The van der Waals surface area contributed by atoms with E-state index in [1.165, 1.54) is 86.2 Å². The maximum Gasteiger partial charge on any atom is 0.123 e. The Kier molecular flexibility index (Phi) is 6.18. The molecular weight excluding hydrogens is 639 g/mol. The summed E-state index contributed by atoms with van der Waals surface area (Å²) in [6.45, 7) is 0. The average molecular weight is 670 g/mol. The summed E-state index contributed by atoms with van der Waals surface area (Å²) < 4.78 is 7.51. The number of dihydropyridines is 1. The number of nitrogens with one attached hydrogen (secondary N) is 1. The zero-order valence-electron chi connectivity index (χ0n) is 27.6. The summed E-state index contributed by atoms with van der Waals surface area (Å²) in [6, 6.07) is 57.5. The molecule has 240 valence electrons. The summed E-state index contributed by atoms with van der Waals surface area (Å²) in [4.78, 5) is 0. The number of rotatable bonds is 4. The van der Waals surface area contributed by atoms with E-state index in [-0.39, 0.29) is 6.17 Å². The Balaban J connectivity index is 1.04. The van der Waals surface area contributed by atoms with E-state index < -0.39 is 0 Å². The van der Waals surface area contributed by atoms with Gasteiger partial charge in [0.15, 0.2) is 0 Å². The minimum absolute atomic E-state index is 0.0114. The highest BCUT2D eigenvalue weighted by atomic mass is 32.1. The Hall–Kier alpha value is -6.36. The van der Waals surface area contributed by atoms with Gasteiger partial charge in [-0.2, -0.15) is 0 Å². The highest BCUT2D eigenvalue weighted by Gasteiger charge is 2.21. The SMILES string of the molecule is C1=CC(n2c3ccccc3c3ccccc32)NC(c2cccc(-c3ccc4c(c3)c3c5sc6ccccc6c5ccc3n4-c3ccccc3)c2)=C1. The lowest BCUT2D eigenvalue weighted by Gasteiger charge is -2.25. The van der Waals surface area contributed by atoms with Crippen molar-refractivity contribution in [2.24, 2.45) is 0 Å². The number of benzene rings is 7. The van der Waals surface area contributed by atoms with E-state index in [1.54, 1.807) is 0 Å². The van der Waals surface area contributed by atoms with Gasteiger partial charge in [-0.25, -0.2) is 0 Å². The molecule has 1 unspecified atom stereocenters. The van der Waals surface area contributed by atoms with Crippen LogP contribution in [0.15, 0.2) is 176 Å². The molecule has 3 nitrogen and oxygen atoms in total. The van der Waals surface area contributed by atoms with Crippen LogP contribution in [0.5, 0.6) is 0 Å². The normalized spacial score (nSPS) is 14.7. The maximum atomic E-state index is 3.88. The standard InChI is InChI=1S/C47H31N3S/c1-2-14-33(15-3-1)49-42-26-24-31(29-38(42)46-43(49)27-25-37-36-18-6-9-22-44(36)51-47(37)46)30-12-10-13-32(28-30)39-19-11-23-45(48-39)50-40-20-7-4-16-34(40)35-17-5-8-21-41(35)50/h1-29,45,48H. The van der Waals surface area contributed by atoms with Crippen molar-refractivity contribution in [3.63, 3.8) is 0 Å². The third-order valence-corrected chi connectivity index (χ3v) is 11.8. The van der Waals surface area contributed by atoms with Crippen molar-refractivity contribution in [3.05, 3.63) is 182 Å². The largest absolute Gasteiger partial charge is 0.361 e. The van der Waals surface area contributed by atoms with Crippen LogP contribution in [0.4, 0.5) is 0 Å².